The molecule has 5 nitrogen and oxygen atoms in total. The first kappa shape index (κ1) is 31.8. The number of ether oxygens (including phenoxy) is 1. The molecule has 3 aromatic rings. The van der Waals surface area contributed by atoms with Crippen LogP contribution in [0.1, 0.15) is 57.6 Å². The predicted octanol–water partition coefficient (Wildman–Crippen LogP) is 7.09. The number of likely N-dealkylation sites (tertiary alicyclic amines) is 1. The summed E-state index contributed by atoms with van der Waals surface area (Å²) in [6.07, 6.45) is -2.37. The van der Waals surface area contributed by atoms with Crippen LogP contribution in [0.4, 0.5) is 13.2 Å². The molecule has 0 N–H and O–H groups in total. The third kappa shape index (κ3) is 7.81. The van der Waals surface area contributed by atoms with Gasteiger partial charge in [0.15, 0.2) is 0 Å². The zero-order chi connectivity index (χ0) is 30.6. The maximum atomic E-state index is 14.6. The lowest BCUT2D eigenvalue weighted by atomic mass is 9.95. The molecule has 0 amide bonds. The van der Waals surface area contributed by atoms with Crippen LogP contribution in [0.25, 0.3) is 11.3 Å². The van der Waals surface area contributed by atoms with Crippen LogP contribution >= 0.6 is 0 Å². The molecule has 0 bridgehead atoms. The fourth-order valence-corrected chi connectivity index (χ4v) is 7.44. The van der Waals surface area contributed by atoms with E-state index in [1.54, 1.807) is 63.4 Å². The number of hydrogen-bond acceptors (Lipinski definition) is 5. The van der Waals surface area contributed by atoms with Gasteiger partial charge in [-0.05, 0) is 81.7 Å². The summed E-state index contributed by atoms with van der Waals surface area (Å²) in [7, 11) is -3.13. The molecule has 0 saturated carbocycles. The summed E-state index contributed by atoms with van der Waals surface area (Å²) in [6, 6.07) is 20.7. The van der Waals surface area contributed by atoms with Crippen molar-refractivity contribution in [2.24, 2.45) is 0 Å². The van der Waals surface area contributed by atoms with E-state index in [2.05, 4.69) is 27.9 Å². The number of rotatable bonds is 9. The molecule has 0 spiro atoms. The third-order valence-electron chi connectivity index (χ3n) is 7.60. The summed E-state index contributed by atoms with van der Waals surface area (Å²) in [4.78, 5) is 20.9. The Bertz CT molecular complexity index is 1440. The molecule has 4 rings (SSSR count). The van der Waals surface area contributed by atoms with Crippen LogP contribution in [0.2, 0.25) is 0 Å². The number of pyridine rings is 1. The van der Waals surface area contributed by atoms with Crippen LogP contribution in [-0.2, 0) is 32.0 Å². The van der Waals surface area contributed by atoms with E-state index in [0.717, 1.165) is 17.7 Å². The molecule has 1 saturated heterocycles. The van der Waals surface area contributed by atoms with Gasteiger partial charge in [-0.15, -0.1) is 0 Å². The molecular formula is C33H39F3N2O3S. The number of piperidine rings is 1. The monoisotopic (exact) mass is 600 g/mol. The molecule has 0 radical (unpaired) electrons. The van der Waals surface area contributed by atoms with Gasteiger partial charge in [-0.1, -0.05) is 48.5 Å². The van der Waals surface area contributed by atoms with Crippen LogP contribution in [0, 0.1) is 0 Å². The summed E-state index contributed by atoms with van der Waals surface area (Å²) in [5, 5.41) is 0. The van der Waals surface area contributed by atoms with Gasteiger partial charge in [0.1, 0.15) is 10.3 Å². The summed E-state index contributed by atoms with van der Waals surface area (Å²) in [5.41, 5.74) is 2.58. The zero-order valence-corrected chi connectivity index (χ0v) is 25.3. The van der Waals surface area contributed by atoms with Gasteiger partial charge in [0.05, 0.1) is 5.69 Å². The molecule has 1 aliphatic heterocycles. The van der Waals surface area contributed by atoms with Crippen molar-refractivity contribution in [3.05, 3.63) is 84.1 Å². The van der Waals surface area contributed by atoms with Crippen molar-refractivity contribution in [1.29, 1.82) is 0 Å². The molecule has 226 valence electrons. The minimum Gasteiger partial charge on any atom is -0.459 e. The van der Waals surface area contributed by atoms with Crippen molar-refractivity contribution >= 4 is 21.4 Å². The molecule has 1 atom stereocenters. The van der Waals surface area contributed by atoms with E-state index in [9.17, 15) is 22.2 Å². The first-order chi connectivity index (χ1) is 19.7. The van der Waals surface area contributed by atoms with Crippen LogP contribution < -0.4 is 0 Å². The van der Waals surface area contributed by atoms with E-state index >= 15 is 0 Å². The summed E-state index contributed by atoms with van der Waals surface area (Å²) in [5.74, 6) is 3.68. The van der Waals surface area contributed by atoms with Crippen LogP contribution in [0.3, 0.4) is 0 Å². The van der Waals surface area contributed by atoms with Gasteiger partial charge in [0.25, 0.3) is 0 Å². The number of benzene rings is 2. The number of nitrogens with zero attached hydrogens (tertiary/aromatic N) is 2. The van der Waals surface area contributed by atoms with Gasteiger partial charge >= 0.3 is 12.1 Å². The average Bonchev–Trinajstić information content (AvgIpc) is 2.93. The lowest BCUT2D eigenvalue weighted by Crippen LogP contribution is -2.55. The highest BCUT2D eigenvalue weighted by molar-refractivity contribution is 8.02. The maximum Gasteiger partial charge on any atom is 0.389 e. The van der Waals surface area contributed by atoms with Gasteiger partial charge in [0.2, 0.25) is 0 Å². The van der Waals surface area contributed by atoms with Crippen LogP contribution in [0.5, 0.6) is 0 Å². The van der Waals surface area contributed by atoms with Crippen LogP contribution in [-0.4, -0.2) is 55.5 Å². The first-order valence-electron chi connectivity index (χ1n) is 14.2. The third-order valence-corrected chi connectivity index (χ3v) is 10.5. The quantitative estimate of drug-likeness (QED) is 0.194. The van der Waals surface area contributed by atoms with Crippen molar-refractivity contribution < 1.29 is 26.9 Å². The van der Waals surface area contributed by atoms with Gasteiger partial charge in [-0.2, -0.15) is 13.2 Å². The summed E-state index contributed by atoms with van der Waals surface area (Å²) in [6.45, 7) is 7.31. The molecule has 42 heavy (non-hydrogen) atoms. The number of carbonyl (C=O) groups excluding carboxylic acids is 1. The zero-order valence-electron chi connectivity index (χ0n) is 24.5. The van der Waals surface area contributed by atoms with Crippen molar-refractivity contribution in [3.63, 3.8) is 0 Å². The Hall–Kier alpha value is -3.17. The molecule has 1 fully saturated rings. The minimum absolute atomic E-state index is 0.0144. The highest BCUT2D eigenvalue weighted by Crippen LogP contribution is 2.39. The number of aryl methyl sites for hydroxylation is 1. The van der Waals surface area contributed by atoms with Crippen molar-refractivity contribution in [1.82, 2.24) is 9.88 Å². The Morgan fingerprint density at radius 2 is 1.62 bits per heavy atom. The first-order valence-corrected chi connectivity index (χ1v) is 15.9. The van der Waals surface area contributed by atoms with E-state index in [1.165, 1.54) is 5.56 Å². The Morgan fingerprint density at radius 3 is 2.17 bits per heavy atom. The number of aromatic nitrogens is 1. The second-order valence-corrected chi connectivity index (χ2v) is 14.6. The summed E-state index contributed by atoms with van der Waals surface area (Å²) < 4.78 is 56.5. The molecule has 0 aliphatic carbocycles. The second-order valence-electron chi connectivity index (χ2n) is 12.0. The predicted molar refractivity (Wildman–Crippen MR) is 162 cm³/mol. The summed E-state index contributed by atoms with van der Waals surface area (Å²) >= 11 is 0. The standard InChI is InChI=1S/C33H39F3N2O3S/c1-31(2,3)41-30(39)32(19-21-38(22-20-32)24-26-9-6-5-7-10-26)42(4,40)28-15-13-27(14-16-28)29-17-12-25(23-37-29)11-8-18-33(34,35)36/h5-7,9-10,12-17,23H,4,8,11,18-22,24H2,1-3H3. The average molecular weight is 601 g/mol. The number of alkyl halides is 3. The Labute approximate surface area is 247 Å². The number of esters is 1. The van der Waals surface area contributed by atoms with E-state index < -0.39 is 38.4 Å². The highest BCUT2D eigenvalue weighted by atomic mass is 32.2. The van der Waals surface area contributed by atoms with Gasteiger partial charge in [-0.25, -0.2) is 0 Å². The molecule has 1 unspecified atom stereocenters. The molecule has 1 aliphatic rings. The van der Waals surface area contributed by atoms with Crippen molar-refractivity contribution in [3.8, 4) is 11.3 Å². The number of halogens is 3. The Morgan fingerprint density at radius 1 is 0.976 bits per heavy atom. The van der Waals surface area contributed by atoms with Crippen LogP contribution in [0.15, 0.2) is 77.8 Å². The van der Waals surface area contributed by atoms with E-state index in [-0.39, 0.29) is 6.42 Å². The molecule has 9 heteroatoms. The topological polar surface area (TPSA) is 59.5 Å². The number of carbonyl (C=O) groups is 1. The van der Waals surface area contributed by atoms with Gasteiger partial charge in [-0.3, -0.25) is 18.9 Å². The fraction of sp³-hybridized carbons (Fsp3) is 0.424. The normalized spacial score (nSPS) is 17.4. The smallest absolute Gasteiger partial charge is 0.389 e. The van der Waals surface area contributed by atoms with Crippen molar-refractivity contribution in [2.45, 2.75) is 80.8 Å². The number of hydrogen-bond donors (Lipinski definition) is 0. The minimum atomic E-state index is -4.16. The highest BCUT2D eigenvalue weighted by Gasteiger charge is 2.51. The largest absolute Gasteiger partial charge is 0.459 e. The van der Waals surface area contributed by atoms with Crippen molar-refractivity contribution in [2.75, 3.05) is 13.1 Å². The van der Waals surface area contributed by atoms with E-state index in [0.29, 0.717) is 42.9 Å². The molecular weight excluding hydrogens is 561 g/mol. The van der Waals surface area contributed by atoms with Gasteiger partial charge in [0, 0.05) is 52.2 Å². The molecule has 2 heterocycles. The molecule has 1 aromatic heterocycles. The van der Waals surface area contributed by atoms with E-state index in [1.807, 2.05) is 18.2 Å². The van der Waals surface area contributed by atoms with Gasteiger partial charge < -0.3 is 4.74 Å². The lowest BCUT2D eigenvalue weighted by Gasteiger charge is -2.43. The fourth-order valence-electron chi connectivity index (χ4n) is 5.26. The maximum absolute atomic E-state index is 14.6. The van der Waals surface area contributed by atoms with E-state index in [4.69, 9.17) is 4.74 Å². The second kappa shape index (κ2) is 12.6. The Kier molecular flexibility index (Phi) is 9.52. The Balaban J connectivity index is 1.53. The SMILES string of the molecule is C=S(=O)(c1ccc(-c2ccc(CCCC(F)(F)F)cn2)cc1)C1(C(=O)OC(C)(C)C)CCN(Cc2ccccc2)CC1. The lowest BCUT2D eigenvalue weighted by molar-refractivity contribution is -0.159. The molecule has 2 aromatic carbocycles.